The molecular formula is C20H34IN5O. The molecule has 0 saturated carbocycles. The lowest BCUT2D eigenvalue weighted by molar-refractivity contribution is 0.0963. The number of guanidine groups is 1. The Hall–Kier alpha value is -1.35. The quantitative estimate of drug-likeness (QED) is 0.328. The molecule has 1 aromatic rings. The number of aliphatic imine (C=N–C) groups is 1. The molecule has 2 rings (SSSR count). The summed E-state index contributed by atoms with van der Waals surface area (Å²) in [5, 5.41) is 9.55. The largest absolute Gasteiger partial charge is 0.357 e. The first-order valence-electron chi connectivity index (χ1n) is 9.63. The number of amides is 1. The predicted octanol–water partition coefficient (Wildman–Crippen LogP) is 2.59. The number of rotatable bonds is 6. The zero-order valence-corrected chi connectivity index (χ0v) is 19.2. The van der Waals surface area contributed by atoms with Crippen LogP contribution < -0.4 is 16.0 Å². The zero-order valence-electron chi connectivity index (χ0n) is 16.9. The molecule has 27 heavy (non-hydrogen) atoms. The highest BCUT2D eigenvalue weighted by Gasteiger charge is 2.21. The van der Waals surface area contributed by atoms with Crippen molar-refractivity contribution >= 4 is 35.8 Å². The summed E-state index contributed by atoms with van der Waals surface area (Å²) in [4.78, 5) is 19.0. The Kier molecular flexibility index (Phi) is 10.7. The van der Waals surface area contributed by atoms with Gasteiger partial charge in [-0.2, -0.15) is 0 Å². The van der Waals surface area contributed by atoms with Crippen molar-refractivity contribution in [1.29, 1.82) is 0 Å². The van der Waals surface area contributed by atoms with Crippen LogP contribution in [0.3, 0.4) is 0 Å². The smallest absolute Gasteiger partial charge is 0.251 e. The van der Waals surface area contributed by atoms with Crippen LogP contribution in [-0.2, 0) is 6.54 Å². The second-order valence-electron chi connectivity index (χ2n) is 7.02. The van der Waals surface area contributed by atoms with Crippen molar-refractivity contribution < 1.29 is 4.79 Å². The Morgan fingerprint density at radius 1 is 1.30 bits per heavy atom. The molecule has 1 fully saturated rings. The van der Waals surface area contributed by atoms with Gasteiger partial charge in [-0.3, -0.25) is 4.79 Å². The number of likely N-dealkylation sites (tertiary alicyclic amines) is 1. The minimum absolute atomic E-state index is 0. The number of benzene rings is 1. The van der Waals surface area contributed by atoms with Gasteiger partial charge in [0.15, 0.2) is 5.96 Å². The summed E-state index contributed by atoms with van der Waals surface area (Å²) in [5.41, 5.74) is 1.69. The van der Waals surface area contributed by atoms with Crippen molar-refractivity contribution in [3.05, 3.63) is 35.4 Å². The second kappa shape index (κ2) is 12.2. The Morgan fingerprint density at radius 3 is 2.59 bits per heavy atom. The number of hydrogen-bond acceptors (Lipinski definition) is 3. The van der Waals surface area contributed by atoms with E-state index in [1.54, 1.807) is 7.05 Å². The standard InChI is InChI=1S/C20H33N5O.HI/c1-5-22-20(24-18-9-11-25(12-10-18)15(2)3)23-14-16-7-6-8-17(13-16)19(26)21-4;/h6-8,13,15,18H,5,9-12,14H2,1-4H3,(H,21,26)(H2,22,23,24);1H. The molecule has 3 N–H and O–H groups in total. The van der Waals surface area contributed by atoms with E-state index in [0.29, 0.717) is 24.2 Å². The molecule has 1 aliphatic heterocycles. The van der Waals surface area contributed by atoms with Gasteiger partial charge in [-0.25, -0.2) is 4.99 Å². The van der Waals surface area contributed by atoms with Crippen LogP contribution in [0.4, 0.5) is 0 Å². The van der Waals surface area contributed by atoms with Gasteiger partial charge in [0, 0.05) is 44.3 Å². The lowest BCUT2D eigenvalue weighted by Crippen LogP contribution is -2.49. The number of piperidine rings is 1. The molecule has 0 bridgehead atoms. The van der Waals surface area contributed by atoms with E-state index in [4.69, 9.17) is 4.99 Å². The number of carbonyl (C=O) groups is 1. The number of carbonyl (C=O) groups excluding carboxylic acids is 1. The Balaban J connectivity index is 0.00000364. The van der Waals surface area contributed by atoms with E-state index in [0.717, 1.165) is 44.0 Å². The molecule has 1 amide bonds. The van der Waals surface area contributed by atoms with E-state index in [-0.39, 0.29) is 29.9 Å². The van der Waals surface area contributed by atoms with Crippen LogP contribution >= 0.6 is 24.0 Å². The van der Waals surface area contributed by atoms with Crippen LogP contribution in [0.1, 0.15) is 49.5 Å². The molecule has 0 aromatic heterocycles. The highest BCUT2D eigenvalue weighted by atomic mass is 127. The van der Waals surface area contributed by atoms with E-state index < -0.39 is 0 Å². The highest BCUT2D eigenvalue weighted by molar-refractivity contribution is 14.0. The molecule has 1 aromatic carbocycles. The van der Waals surface area contributed by atoms with Gasteiger partial charge >= 0.3 is 0 Å². The molecular weight excluding hydrogens is 453 g/mol. The fourth-order valence-corrected chi connectivity index (χ4v) is 3.20. The van der Waals surface area contributed by atoms with E-state index in [1.807, 2.05) is 24.3 Å². The van der Waals surface area contributed by atoms with Crippen molar-refractivity contribution in [3.63, 3.8) is 0 Å². The minimum atomic E-state index is -0.0715. The SMILES string of the molecule is CCNC(=NCc1cccc(C(=O)NC)c1)NC1CCN(C(C)C)CC1.I. The first-order valence-corrected chi connectivity index (χ1v) is 9.63. The summed E-state index contributed by atoms with van der Waals surface area (Å²) in [6.45, 7) is 10.2. The van der Waals surface area contributed by atoms with Crippen molar-refractivity contribution in [2.45, 2.75) is 52.2 Å². The fourth-order valence-electron chi connectivity index (χ4n) is 3.20. The molecule has 7 heteroatoms. The summed E-state index contributed by atoms with van der Waals surface area (Å²) in [6.07, 6.45) is 2.27. The third kappa shape index (κ3) is 7.65. The summed E-state index contributed by atoms with van der Waals surface area (Å²) in [6, 6.07) is 8.69. The van der Waals surface area contributed by atoms with Crippen LogP contribution in [0.15, 0.2) is 29.3 Å². The van der Waals surface area contributed by atoms with Gasteiger partial charge in [0.25, 0.3) is 5.91 Å². The zero-order chi connectivity index (χ0) is 18.9. The Labute approximate surface area is 180 Å². The number of halogens is 1. The maximum Gasteiger partial charge on any atom is 0.251 e. The average molecular weight is 487 g/mol. The number of nitrogens with zero attached hydrogens (tertiary/aromatic N) is 2. The molecule has 6 nitrogen and oxygen atoms in total. The summed E-state index contributed by atoms with van der Waals surface area (Å²) in [7, 11) is 1.64. The number of nitrogens with one attached hydrogen (secondary N) is 3. The van der Waals surface area contributed by atoms with Gasteiger partial charge < -0.3 is 20.9 Å². The van der Waals surface area contributed by atoms with E-state index >= 15 is 0 Å². The third-order valence-electron chi connectivity index (χ3n) is 4.78. The minimum Gasteiger partial charge on any atom is -0.357 e. The predicted molar refractivity (Wildman–Crippen MR) is 123 cm³/mol. The van der Waals surface area contributed by atoms with Crippen molar-refractivity contribution in [1.82, 2.24) is 20.9 Å². The maximum absolute atomic E-state index is 11.8. The fraction of sp³-hybridized carbons (Fsp3) is 0.600. The van der Waals surface area contributed by atoms with Crippen molar-refractivity contribution in [3.8, 4) is 0 Å². The van der Waals surface area contributed by atoms with Gasteiger partial charge in [-0.15, -0.1) is 24.0 Å². The topological polar surface area (TPSA) is 68.8 Å². The van der Waals surface area contributed by atoms with Gasteiger partial charge in [0.05, 0.1) is 6.54 Å². The molecule has 0 atom stereocenters. The first-order chi connectivity index (χ1) is 12.5. The van der Waals surface area contributed by atoms with Crippen molar-refractivity contribution in [2.24, 2.45) is 4.99 Å². The summed E-state index contributed by atoms with van der Waals surface area (Å²) in [5.74, 6) is 0.776. The van der Waals surface area contributed by atoms with Crippen molar-refractivity contribution in [2.75, 3.05) is 26.7 Å². The first kappa shape index (κ1) is 23.7. The normalized spacial score (nSPS) is 16.0. The van der Waals surface area contributed by atoms with Crippen LogP contribution in [0.5, 0.6) is 0 Å². The molecule has 0 aliphatic carbocycles. The van der Waals surface area contributed by atoms with E-state index in [1.165, 1.54) is 0 Å². The van der Waals surface area contributed by atoms with Crippen LogP contribution in [-0.4, -0.2) is 55.5 Å². The number of hydrogen-bond donors (Lipinski definition) is 3. The Morgan fingerprint density at radius 2 is 2.00 bits per heavy atom. The molecule has 0 radical (unpaired) electrons. The van der Waals surface area contributed by atoms with Gasteiger partial charge in [0.2, 0.25) is 0 Å². The maximum atomic E-state index is 11.8. The highest BCUT2D eigenvalue weighted by Crippen LogP contribution is 2.13. The summed E-state index contributed by atoms with van der Waals surface area (Å²) < 4.78 is 0. The molecule has 0 spiro atoms. The van der Waals surface area contributed by atoms with Gasteiger partial charge in [-0.05, 0) is 51.3 Å². The van der Waals surface area contributed by atoms with Crippen LogP contribution in [0, 0.1) is 0 Å². The molecule has 0 unspecified atom stereocenters. The molecule has 1 saturated heterocycles. The van der Waals surface area contributed by atoms with Gasteiger partial charge in [-0.1, -0.05) is 12.1 Å². The van der Waals surface area contributed by atoms with E-state index in [2.05, 4.69) is 41.6 Å². The van der Waals surface area contributed by atoms with Crippen LogP contribution in [0.25, 0.3) is 0 Å². The van der Waals surface area contributed by atoms with Crippen LogP contribution in [0.2, 0.25) is 0 Å². The summed E-state index contributed by atoms with van der Waals surface area (Å²) >= 11 is 0. The van der Waals surface area contributed by atoms with Gasteiger partial charge in [0.1, 0.15) is 0 Å². The average Bonchev–Trinajstić information content (AvgIpc) is 2.66. The second-order valence-corrected chi connectivity index (χ2v) is 7.02. The lowest BCUT2D eigenvalue weighted by Gasteiger charge is -2.35. The monoisotopic (exact) mass is 487 g/mol. The molecule has 1 heterocycles. The third-order valence-corrected chi connectivity index (χ3v) is 4.78. The Bertz CT molecular complexity index is 612. The molecule has 1 aliphatic rings. The van der Waals surface area contributed by atoms with E-state index in [9.17, 15) is 4.79 Å². The lowest BCUT2D eigenvalue weighted by atomic mass is 10.0. The molecule has 152 valence electrons.